The highest BCUT2D eigenvalue weighted by Crippen LogP contribution is 2.39. The molecule has 3 aliphatic rings. The lowest BCUT2D eigenvalue weighted by Gasteiger charge is -2.50. The van der Waals surface area contributed by atoms with Gasteiger partial charge in [-0.25, -0.2) is 0 Å². The Bertz CT molecular complexity index is 1100. The molecule has 0 radical (unpaired) electrons. The Labute approximate surface area is 205 Å². The summed E-state index contributed by atoms with van der Waals surface area (Å²) >= 11 is 0. The van der Waals surface area contributed by atoms with Gasteiger partial charge in [0.2, 0.25) is 5.91 Å². The van der Waals surface area contributed by atoms with E-state index in [0.717, 1.165) is 35.8 Å². The standard InChI is InChI=1S/C26H32N4O5/c1-17-14-28(15-18(2)35-17)26(31)23-13-19-12-21(30(32)33)6-9-24(19)29-11-10-27(16-25(23)29)20-4-7-22(34-3)8-5-20/h4-9,12,17-18,23,25H,10-11,13-16H2,1-3H3. The minimum Gasteiger partial charge on any atom is -0.497 e. The van der Waals surface area contributed by atoms with E-state index >= 15 is 0 Å². The fourth-order valence-electron chi connectivity index (χ4n) is 5.83. The molecule has 35 heavy (non-hydrogen) atoms. The van der Waals surface area contributed by atoms with Crippen molar-refractivity contribution in [3.8, 4) is 5.75 Å². The third-order valence-corrected chi connectivity index (χ3v) is 7.39. The molecule has 2 fully saturated rings. The number of morpholine rings is 1. The number of hydrogen-bond acceptors (Lipinski definition) is 7. The Morgan fingerprint density at radius 1 is 1.06 bits per heavy atom. The van der Waals surface area contributed by atoms with Crippen molar-refractivity contribution in [1.82, 2.24) is 4.90 Å². The molecule has 4 unspecified atom stereocenters. The number of anilines is 2. The van der Waals surface area contributed by atoms with Gasteiger partial charge in [0.05, 0.1) is 36.2 Å². The highest BCUT2D eigenvalue weighted by atomic mass is 16.6. The Kier molecular flexibility index (Phi) is 6.27. The molecule has 186 valence electrons. The number of rotatable bonds is 4. The highest BCUT2D eigenvalue weighted by molar-refractivity contribution is 5.83. The van der Waals surface area contributed by atoms with Crippen molar-refractivity contribution < 1.29 is 19.2 Å². The van der Waals surface area contributed by atoms with Crippen LogP contribution in [-0.2, 0) is 16.0 Å². The lowest BCUT2D eigenvalue weighted by molar-refractivity contribution is -0.384. The second kappa shape index (κ2) is 9.37. The zero-order chi connectivity index (χ0) is 24.7. The van der Waals surface area contributed by atoms with Crippen molar-refractivity contribution in [3.05, 3.63) is 58.1 Å². The predicted molar refractivity (Wildman–Crippen MR) is 133 cm³/mol. The van der Waals surface area contributed by atoms with Crippen LogP contribution in [0.2, 0.25) is 0 Å². The number of ether oxygens (including phenoxy) is 2. The van der Waals surface area contributed by atoms with Crippen molar-refractivity contribution in [3.63, 3.8) is 0 Å². The average molecular weight is 481 g/mol. The summed E-state index contributed by atoms with van der Waals surface area (Å²) in [6.45, 7) is 7.36. The van der Waals surface area contributed by atoms with Crippen molar-refractivity contribution in [2.45, 2.75) is 38.5 Å². The molecule has 0 N–H and O–H groups in total. The van der Waals surface area contributed by atoms with Crippen LogP contribution in [0, 0.1) is 16.0 Å². The SMILES string of the molecule is COc1ccc(N2CCN3c4ccc([N+](=O)[O-])cc4CC(C(=O)N4CC(C)OC(C)C4)C3C2)cc1. The van der Waals surface area contributed by atoms with E-state index in [1.807, 2.05) is 36.9 Å². The third kappa shape index (κ3) is 4.52. The van der Waals surface area contributed by atoms with Gasteiger partial charge in [-0.3, -0.25) is 14.9 Å². The molecule has 0 saturated carbocycles. The van der Waals surface area contributed by atoms with Crippen molar-refractivity contribution in [2.75, 3.05) is 49.6 Å². The summed E-state index contributed by atoms with van der Waals surface area (Å²) in [6, 6.07) is 13.1. The van der Waals surface area contributed by atoms with E-state index in [1.165, 1.54) is 0 Å². The second-order valence-corrected chi connectivity index (χ2v) is 9.79. The normalized spacial score (nSPS) is 26.1. The van der Waals surface area contributed by atoms with E-state index in [0.29, 0.717) is 26.1 Å². The van der Waals surface area contributed by atoms with Crippen LogP contribution in [0.25, 0.3) is 0 Å². The first kappa shape index (κ1) is 23.4. The second-order valence-electron chi connectivity index (χ2n) is 9.79. The number of piperazine rings is 1. The molecule has 5 rings (SSSR count). The summed E-state index contributed by atoms with van der Waals surface area (Å²) in [5.41, 5.74) is 3.04. The first-order valence-electron chi connectivity index (χ1n) is 12.2. The highest BCUT2D eigenvalue weighted by Gasteiger charge is 2.44. The fourth-order valence-corrected chi connectivity index (χ4v) is 5.83. The van der Waals surface area contributed by atoms with Crippen LogP contribution in [0.15, 0.2) is 42.5 Å². The maximum Gasteiger partial charge on any atom is 0.269 e. The largest absolute Gasteiger partial charge is 0.497 e. The zero-order valence-electron chi connectivity index (χ0n) is 20.4. The number of nitro benzene ring substituents is 1. The molecule has 2 saturated heterocycles. The summed E-state index contributed by atoms with van der Waals surface area (Å²) in [5.74, 6) is 0.628. The zero-order valence-corrected chi connectivity index (χ0v) is 20.4. The summed E-state index contributed by atoms with van der Waals surface area (Å²) in [5, 5.41) is 11.4. The molecular weight excluding hydrogens is 448 g/mol. The topological polar surface area (TPSA) is 88.4 Å². The van der Waals surface area contributed by atoms with Crippen molar-refractivity contribution >= 4 is 23.0 Å². The number of nitrogens with zero attached hydrogens (tertiary/aromatic N) is 4. The van der Waals surface area contributed by atoms with Crippen LogP contribution >= 0.6 is 0 Å². The summed E-state index contributed by atoms with van der Waals surface area (Å²) in [4.78, 5) is 31.5. The van der Waals surface area contributed by atoms with Crippen LogP contribution in [0.3, 0.4) is 0 Å². The quantitative estimate of drug-likeness (QED) is 0.491. The van der Waals surface area contributed by atoms with Crippen LogP contribution < -0.4 is 14.5 Å². The first-order chi connectivity index (χ1) is 16.8. The number of benzene rings is 2. The summed E-state index contributed by atoms with van der Waals surface area (Å²) in [7, 11) is 1.65. The van der Waals surface area contributed by atoms with Gasteiger partial charge in [-0.05, 0) is 56.2 Å². The number of fused-ring (bicyclic) bond motifs is 3. The van der Waals surface area contributed by atoms with E-state index in [1.54, 1.807) is 19.2 Å². The number of methoxy groups -OCH3 is 1. The van der Waals surface area contributed by atoms with Gasteiger partial charge in [0.1, 0.15) is 5.75 Å². The molecule has 3 aliphatic heterocycles. The van der Waals surface area contributed by atoms with Crippen LogP contribution in [0.4, 0.5) is 17.1 Å². The van der Waals surface area contributed by atoms with Gasteiger partial charge in [-0.15, -0.1) is 0 Å². The van der Waals surface area contributed by atoms with Gasteiger partial charge in [0, 0.05) is 56.2 Å². The molecule has 1 amide bonds. The Balaban J connectivity index is 1.47. The molecule has 0 spiro atoms. The smallest absolute Gasteiger partial charge is 0.269 e. The number of hydrogen-bond donors (Lipinski definition) is 0. The minimum atomic E-state index is -0.365. The number of carbonyl (C=O) groups is 1. The predicted octanol–water partition coefficient (Wildman–Crippen LogP) is 3.11. The van der Waals surface area contributed by atoms with E-state index in [9.17, 15) is 14.9 Å². The molecule has 2 aromatic carbocycles. The summed E-state index contributed by atoms with van der Waals surface area (Å²) in [6.07, 6.45) is 0.462. The molecule has 0 aliphatic carbocycles. The van der Waals surface area contributed by atoms with E-state index in [-0.39, 0.29) is 40.7 Å². The minimum absolute atomic E-state index is 0.0158. The molecule has 3 heterocycles. The molecule has 2 aromatic rings. The first-order valence-corrected chi connectivity index (χ1v) is 12.2. The Morgan fingerprint density at radius 2 is 1.77 bits per heavy atom. The maximum atomic E-state index is 13.9. The third-order valence-electron chi connectivity index (χ3n) is 7.39. The van der Waals surface area contributed by atoms with Crippen molar-refractivity contribution in [1.29, 1.82) is 0 Å². The lowest BCUT2D eigenvalue weighted by atomic mass is 9.82. The fraction of sp³-hybridized carbons (Fsp3) is 0.500. The average Bonchev–Trinajstić information content (AvgIpc) is 2.86. The number of amides is 1. The molecule has 9 heteroatoms. The van der Waals surface area contributed by atoms with E-state index in [2.05, 4.69) is 21.9 Å². The molecule has 0 aromatic heterocycles. The molecule has 4 atom stereocenters. The monoisotopic (exact) mass is 480 g/mol. The number of nitro groups is 1. The maximum absolute atomic E-state index is 13.9. The Morgan fingerprint density at radius 3 is 2.43 bits per heavy atom. The van der Waals surface area contributed by atoms with Crippen LogP contribution in [0.5, 0.6) is 5.75 Å². The van der Waals surface area contributed by atoms with Gasteiger partial charge in [0.15, 0.2) is 0 Å². The molecular formula is C26H32N4O5. The summed E-state index contributed by atoms with van der Waals surface area (Å²) < 4.78 is 11.2. The molecule has 0 bridgehead atoms. The lowest BCUT2D eigenvalue weighted by Crippen LogP contribution is -2.62. The van der Waals surface area contributed by atoms with Crippen LogP contribution in [0.1, 0.15) is 19.4 Å². The van der Waals surface area contributed by atoms with Gasteiger partial charge < -0.3 is 24.2 Å². The van der Waals surface area contributed by atoms with Gasteiger partial charge in [0.25, 0.3) is 5.69 Å². The van der Waals surface area contributed by atoms with E-state index < -0.39 is 0 Å². The van der Waals surface area contributed by atoms with Gasteiger partial charge >= 0.3 is 0 Å². The molecule has 9 nitrogen and oxygen atoms in total. The van der Waals surface area contributed by atoms with Crippen LogP contribution in [-0.4, -0.2) is 73.8 Å². The Hall–Kier alpha value is -3.33. The van der Waals surface area contributed by atoms with E-state index in [4.69, 9.17) is 9.47 Å². The van der Waals surface area contributed by atoms with Gasteiger partial charge in [-0.2, -0.15) is 0 Å². The number of non-ortho nitro benzene ring substituents is 1. The van der Waals surface area contributed by atoms with Gasteiger partial charge in [-0.1, -0.05) is 0 Å². The van der Waals surface area contributed by atoms with Crippen molar-refractivity contribution in [2.24, 2.45) is 5.92 Å². The number of carbonyl (C=O) groups excluding carboxylic acids is 1.